The van der Waals surface area contributed by atoms with Crippen molar-refractivity contribution >= 4 is 15.9 Å². The topological polar surface area (TPSA) is 76.2 Å². The lowest BCUT2D eigenvalue weighted by molar-refractivity contribution is 0.0784. The van der Waals surface area contributed by atoms with Crippen molar-refractivity contribution in [3.63, 3.8) is 0 Å². The van der Waals surface area contributed by atoms with E-state index < -0.39 is 10.0 Å². The molecule has 2 aliphatic heterocycles. The Morgan fingerprint density at radius 1 is 1.06 bits per heavy atom. The van der Waals surface area contributed by atoms with Crippen LogP contribution in [0.1, 0.15) is 42.1 Å². The monoisotopic (exact) mass is 444 g/mol. The molecule has 1 amide bonds. The molecule has 0 spiro atoms. The van der Waals surface area contributed by atoms with Gasteiger partial charge >= 0.3 is 0 Å². The number of hydrogen-bond acceptors (Lipinski definition) is 5. The number of fused-ring (bicyclic) bond motifs is 1. The number of piperidine rings is 1. The summed E-state index contributed by atoms with van der Waals surface area (Å²) in [6.45, 7) is 3.94. The fourth-order valence-electron chi connectivity index (χ4n) is 4.09. The van der Waals surface area contributed by atoms with Crippen molar-refractivity contribution in [1.82, 2.24) is 9.21 Å². The second-order valence-electron chi connectivity index (χ2n) is 8.12. The van der Waals surface area contributed by atoms with E-state index in [9.17, 15) is 13.2 Å². The lowest BCUT2D eigenvalue weighted by Gasteiger charge is -2.32. The molecule has 8 heteroatoms. The van der Waals surface area contributed by atoms with Crippen molar-refractivity contribution in [1.29, 1.82) is 0 Å². The molecule has 0 bridgehead atoms. The van der Waals surface area contributed by atoms with Gasteiger partial charge in [-0.1, -0.05) is 12.5 Å². The molecular weight excluding hydrogens is 416 g/mol. The molecule has 2 heterocycles. The molecule has 2 aromatic carbocycles. The highest BCUT2D eigenvalue weighted by molar-refractivity contribution is 7.89. The van der Waals surface area contributed by atoms with Gasteiger partial charge in [-0.2, -0.15) is 4.31 Å². The number of ether oxygens (including phenoxy) is 2. The van der Waals surface area contributed by atoms with E-state index in [2.05, 4.69) is 0 Å². The van der Waals surface area contributed by atoms with E-state index in [4.69, 9.17) is 9.47 Å². The number of benzene rings is 2. The minimum absolute atomic E-state index is 0.00260. The van der Waals surface area contributed by atoms with Gasteiger partial charge in [0.15, 0.2) is 11.5 Å². The first kappa shape index (κ1) is 21.6. The van der Waals surface area contributed by atoms with Crippen LogP contribution >= 0.6 is 0 Å². The molecule has 0 aromatic heterocycles. The zero-order valence-corrected chi connectivity index (χ0v) is 18.7. The maximum absolute atomic E-state index is 13.0. The average molecular weight is 445 g/mol. The average Bonchev–Trinajstić information content (AvgIpc) is 2.78. The summed E-state index contributed by atoms with van der Waals surface area (Å²) in [5, 5.41) is 0. The molecule has 1 saturated heterocycles. The summed E-state index contributed by atoms with van der Waals surface area (Å²) in [5.74, 6) is 1.22. The molecule has 4 rings (SSSR count). The van der Waals surface area contributed by atoms with E-state index in [1.165, 1.54) is 12.1 Å². The molecule has 1 atom stereocenters. The lowest BCUT2D eigenvalue weighted by Crippen LogP contribution is -2.41. The van der Waals surface area contributed by atoms with Gasteiger partial charge in [0.05, 0.1) is 4.90 Å². The first-order valence-electron chi connectivity index (χ1n) is 10.6. The highest BCUT2D eigenvalue weighted by Gasteiger charge is 2.31. The highest BCUT2D eigenvalue weighted by Crippen LogP contribution is 2.31. The minimum Gasteiger partial charge on any atom is -0.486 e. The summed E-state index contributed by atoms with van der Waals surface area (Å²) in [5.41, 5.74) is 1.38. The second kappa shape index (κ2) is 8.88. The molecule has 0 N–H and O–H groups in total. The normalized spacial score (nSPS) is 19.1. The van der Waals surface area contributed by atoms with Crippen LogP contribution in [0, 0.1) is 0 Å². The van der Waals surface area contributed by atoms with Crippen LogP contribution in [0.2, 0.25) is 0 Å². The first-order chi connectivity index (χ1) is 14.9. The minimum atomic E-state index is -3.55. The Kier molecular flexibility index (Phi) is 6.20. The lowest BCUT2D eigenvalue weighted by atomic mass is 10.1. The molecule has 2 aliphatic rings. The molecule has 2 aromatic rings. The van der Waals surface area contributed by atoms with Gasteiger partial charge in [-0.3, -0.25) is 4.79 Å². The van der Waals surface area contributed by atoms with Crippen molar-refractivity contribution < 1.29 is 22.7 Å². The highest BCUT2D eigenvalue weighted by atomic mass is 32.2. The Morgan fingerprint density at radius 2 is 1.77 bits per heavy atom. The van der Waals surface area contributed by atoms with Crippen LogP contribution in [-0.2, 0) is 16.6 Å². The van der Waals surface area contributed by atoms with Crippen LogP contribution < -0.4 is 9.47 Å². The van der Waals surface area contributed by atoms with Gasteiger partial charge in [-0.25, -0.2) is 8.42 Å². The van der Waals surface area contributed by atoms with Gasteiger partial charge in [-0.15, -0.1) is 0 Å². The number of carbonyl (C=O) groups excluding carboxylic acids is 1. The zero-order valence-electron chi connectivity index (χ0n) is 17.9. The zero-order chi connectivity index (χ0) is 22.0. The number of amides is 1. The van der Waals surface area contributed by atoms with Crippen molar-refractivity contribution in [3.05, 3.63) is 53.6 Å². The summed E-state index contributed by atoms with van der Waals surface area (Å²) >= 11 is 0. The largest absolute Gasteiger partial charge is 0.486 e. The summed E-state index contributed by atoms with van der Waals surface area (Å²) in [7, 11) is -1.83. The van der Waals surface area contributed by atoms with E-state index in [0.29, 0.717) is 43.4 Å². The maximum Gasteiger partial charge on any atom is 0.253 e. The molecule has 0 radical (unpaired) electrons. The Balaban J connectivity index is 1.45. The summed E-state index contributed by atoms with van der Waals surface area (Å²) in [4.78, 5) is 14.7. The van der Waals surface area contributed by atoms with Crippen molar-refractivity contribution in [2.45, 2.75) is 43.7 Å². The first-order valence-corrected chi connectivity index (χ1v) is 12.1. The predicted molar refractivity (Wildman–Crippen MR) is 117 cm³/mol. The number of carbonyl (C=O) groups is 1. The van der Waals surface area contributed by atoms with Crippen LogP contribution in [-0.4, -0.2) is 56.4 Å². The van der Waals surface area contributed by atoms with Crippen LogP contribution in [0.5, 0.6) is 11.5 Å². The SMILES string of the molecule is CC1CCCCN1S(=O)(=O)c1ccc(C(=O)N(C)Cc2ccc3c(c2)OCCO3)cc1. The third-order valence-corrected chi connectivity index (χ3v) is 7.85. The Labute approximate surface area is 183 Å². The van der Waals surface area contributed by atoms with Crippen molar-refractivity contribution in [2.24, 2.45) is 0 Å². The second-order valence-corrected chi connectivity index (χ2v) is 10.0. The quantitative estimate of drug-likeness (QED) is 0.707. The Bertz CT molecular complexity index is 1050. The van der Waals surface area contributed by atoms with E-state index in [1.807, 2.05) is 25.1 Å². The molecule has 1 fully saturated rings. The maximum atomic E-state index is 13.0. The summed E-state index contributed by atoms with van der Waals surface area (Å²) < 4.78 is 38.7. The Morgan fingerprint density at radius 3 is 2.48 bits per heavy atom. The van der Waals surface area contributed by atoms with Gasteiger partial charge in [0.1, 0.15) is 13.2 Å². The van der Waals surface area contributed by atoms with Gasteiger partial charge in [0.25, 0.3) is 5.91 Å². The van der Waals surface area contributed by atoms with Crippen LogP contribution in [0.15, 0.2) is 47.4 Å². The van der Waals surface area contributed by atoms with E-state index in [-0.39, 0.29) is 16.8 Å². The summed E-state index contributed by atoms with van der Waals surface area (Å²) in [6.07, 6.45) is 2.81. The molecule has 166 valence electrons. The standard InChI is InChI=1S/C23H28N2O5S/c1-17-5-3-4-12-25(17)31(27,28)20-9-7-19(8-10-20)23(26)24(2)16-18-6-11-21-22(15-18)30-14-13-29-21/h6-11,15,17H,3-5,12-14,16H2,1-2H3. The van der Waals surface area contributed by atoms with Crippen molar-refractivity contribution in [2.75, 3.05) is 26.8 Å². The molecule has 0 aliphatic carbocycles. The smallest absolute Gasteiger partial charge is 0.253 e. The van der Waals surface area contributed by atoms with Crippen LogP contribution in [0.4, 0.5) is 0 Å². The third-order valence-electron chi connectivity index (χ3n) is 5.82. The molecule has 31 heavy (non-hydrogen) atoms. The molecule has 1 unspecified atom stereocenters. The van der Waals surface area contributed by atoms with Crippen LogP contribution in [0.25, 0.3) is 0 Å². The molecule has 7 nitrogen and oxygen atoms in total. The number of sulfonamides is 1. The van der Waals surface area contributed by atoms with Gasteiger partial charge < -0.3 is 14.4 Å². The fraction of sp³-hybridized carbons (Fsp3) is 0.435. The van der Waals surface area contributed by atoms with Gasteiger partial charge in [-0.05, 0) is 61.7 Å². The third kappa shape index (κ3) is 4.55. The predicted octanol–water partition coefficient (Wildman–Crippen LogP) is 3.29. The molecule has 0 saturated carbocycles. The molecular formula is C23H28N2O5S. The number of nitrogens with zero attached hydrogens (tertiary/aromatic N) is 2. The number of rotatable bonds is 5. The summed E-state index contributed by atoms with van der Waals surface area (Å²) in [6, 6.07) is 11.9. The van der Waals surface area contributed by atoms with Crippen LogP contribution in [0.3, 0.4) is 0 Å². The van der Waals surface area contributed by atoms with Gasteiger partial charge in [0.2, 0.25) is 10.0 Å². The van der Waals surface area contributed by atoms with Crippen molar-refractivity contribution in [3.8, 4) is 11.5 Å². The Hall–Kier alpha value is -2.58. The van der Waals surface area contributed by atoms with E-state index >= 15 is 0 Å². The fourth-order valence-corrected chi connectivity index (χ4v) is 5.79. The van der Waals surface area contributed by atoms with E-state index in [0.717, 1.165) is 24.8 Å². The number of hydrogen-bond donors (Lipinski definition) is 0. The van der Waals surface area contributed by atoms with E-state index in [1.54, 1.807) is 28.4 Å². The van der Waals surface area contributed by atoms with Gasteiger partial charge in [0, 0.05) is 31.7 Å².